The highest BCUT2D eigenvalue weighted by molar-refractivity contribution is 6.18. The summed E-state index contributed by atoms with van der Waals surface area (Å²) >= 11 is 5.21. The largest absolute Gasteiger partial charge is 0.505 e. The maximum Gasteiger partial charge on any atom is 0.119 e. The number of aromatic nitrogens is 2. The molecule has 2 aromatic rings. The molecule has 1 aromatic heterocycles. The second-order valence-electron chi connectivity index (χ2n) is 9.42. The second kappa shape index (κ2) is 45.7. The zero-order valence-corrected chi connectivity index (χ0v) is 33.8. The molecular weight excluding hydrogens is 614 g/mol. The molecule has 0 saturated carbocycles. The van der Waals surface area contributed by atoms with Crippen LogP contribution in [0.4, 0.5) is 0 Å². The van der Waals surface area contributed by atoms with Crippen LogP contribution in [0, 0.1) is 19.8 Å². The Hall–Kier alpha value is -3.46. The summed E-state index contributed by atoms with van der Waals surface area (Å²) in [6.45, 7) is 32.2. The lowest BCUT2D eigenvalue weighted by atomic mass is 10.1. The third kappa shape index (κ3) is 33.9. The number of hydrogen-bond donors (Lipinski definition) is 0. The molecule has 0 aliphatic carbocycles. The molecule has 2 rings (SSSR count). The van der Waals surface area contributed by atoms with Gasteiger partial charge in [0.15, 0.2) is 0 Å². The number of unbranched alkanes of at least 4 members (excludes halogenated alkanes) is 1. The maximum absolute atomic E-state index is 5.86. The third-order valence-electron chi connectivity index (χ3n) is 6.04. The Morgan fingerprint density at radius 1 is 0.958 bits per heavy atom. The molecule has 0 bridgehead atoms. The van der Waals surface area contributed by atoms with Crippen molar-refractivity contribution in [1.29, 1.82) is 0 Å². The van der Waals surface area contributed by atoms with E-state index in [1.54, 1.807) is 19.4 Å². The molecule has 5 nitrogen and oxygen atoms in total. The van der Waals surface area contributed by atoms with Crippen LogP contribution in [-0.4, -0.2) is 53.7 Å². The summed E-state index contributed by atoms with van der Waals surface area (Å²) in [5, 5.41) is 0. The maximum atomic E-state index is 5.86. The fraction of sp³-hybridized carbons (Fsp3) is 0.500. The van der Waals surface area contributed by atoms with E-state index in [1.165, 1.54) is 18.5 Å². The van der Waals surface area contributed by atoms with Gasteiger partial charge in [-0.15, -0.1) is 24.4 Å². The number of halogens is 1. The monoisotopic (exact) mass is 686 g/mol. The molecule has 0 radical (unpaired) electrons. The normalized spacial score (nSPS) is 9.98. The van der Waals surface area contributed by atoms with E-state index in [0.717, 1.165) is 55.5 Å². The molecule has 0 amide bonds. The molecule has 0 aliphatic heterocycles. The minimum absolute atomic E-state index is 0.635. The van der Waals surface area contributed by atoms with Crippen molar-refractivity contribution in [3.8, 4) is 29.9 Å². The van der Waals surface area contributed by atoms with Crippen molar-refractivity contribution in [1.82, 2.24) is 14.5 Å². The van der Waals surface area contributed by atoms with E-state index >= 15 is 0 Å². The van der Waals surface area contributed by atoms with Crippen LogP contribution in [0.25, 0.3) is 17.0 Å². The SMILES string of the molecule is C#C.C/C=C(\C)n1cc(-c2ccc(OCCCN(CC)CC)cc2)nc1C.C/C=C/OC.C/C=C\CCl.C=C/C=C\C.CC.CCCC. The molecular formula is C42H72ClN3O2. The first-order valence-electron chi connectivity index (χ1n) is 17.3. The zero-order chi connectivity index (χ0) is 38.0. The van der Waals surface area contributed by atoms with E-state index in [1.807, 2.05) is 91.0 Å². The summed E-state index contributed by atoms with van der Waals surface area (Å²) < 4.78 is 12.5. The lowest BCUT2D eigenvalue weighted by Gasteiger charge is -2.17. The average molecular weight is 687 g/mol. The van der Waals surface area contributed by atoms with E-state index in [4.69, 9.17) is 16.3 Å². The number of rotatable bonds is 13. The van der Waals surface area contributed by atoms with Crippen molar-refractivity contribution in [3.63, 3.8) is 0 Å². The van der Waals surface area contributed by atoms with Crippen LogP contribution in [0.3, 0.4) is 0 Å². The average Bonchev–Trinajstić information content (AvgIpc) is 3.53. The van der Waals surface area contributed by atoms with Crippen molar-refractivity contribution in [2.24, 2.45) is 0 Å². The van der Waals surface area contributed by atoms with Crippen molar-refractivity contribution in [2.75, 3.05) is 39.2 Å². The predicted molar refractivity (Wildman–Crippen MR) is 220 cm³/mol. The summed E-state index contributed by atoms with van der Waals surface area (Å²) in [4.78, 5) is 7.08. The molecule has 1 heterocycles. The first-order chi connectivity index (χ1) is 23.2. The summed E-state index contributed by atoms with van der Waals surface area (Å²) in [5.41, 5.74) is 3.29. The van der Waals surface area contributed by atoms with E-state index in [0.29, 0.717) is 5.88 Å². The van der Waals surface area contributed by atoms with Gasteiger partial charge in [-0.3, -0.25) is 0 Å². The lowest BCUT2D eigenvalue weighted by Crippen LogP contribution is -2.25. The Balaban J connectivity index is -0.000000218. The number of allylic oxidation sites excluding steroid dienone is 8. The Bertz CT molecular complexity index is 1050. The van der Waals surface area contributed by atoms with Gasteiger partial charge in [-0.25, -0.2) is 4.98 Å². The molecule has 1 aromatic carbocycles. The lowest BCUT2D eigenvalue weighted by molar-refractivity contribution is 0.249. The Morgan fingerprint density at radius 3 is 1.83 bits per heavy atom. The van der Waals surface area contributed by atoms with Crippen LogP contribution >= 0.6 is 11.6 Å². The van der Waals surface area contributed by atoms with Crippen molar-refractivity contribution < 1.29 is 9.47 Å². The molecule has 0 N–H and O–H groups in total. The summed E-state index contributed by atoms with van der Waals surface area (Å²) in [5.74, 6) is 2.56. The van der Waals surface area contributed by atoms with Gasteiger partial charge in [0.05, 0.1) is 25.7 Å². The van der Waals surface area contributed by atoms with Gasteiger partial charge in [0.2, 0.25) is 0 Å². The van der Waals surface area contributed by atoms with Crippen LogP contribution < -0.4 is 4.74 Å². The van der Waals surface area contributed by atoms with Gasteiger partial charge in [0, 0.05) is 29.9 Å². The van der Waals surface area contributed by atoms with E-state index in [2.05, 4.69) is 97.6 Å². The van der Waals surface area contributed by atoms with Crippen LogP contribution in [0.15, 0.2) is 85.8 Å². The van der Waals surface area contributed by atoms with Gasteiger partial charge in [0.1, 0.15) is 11.6 Å². The number of aryl methyl sites for hydroxylation is 1. The Morgan fingerprint density at radius 2 is 1.52 bits per heavy atom. The fourth-order valence-corrected chi connectivity index (χ4v) is 3.39. The minimum Gasteiger partial charge on any atom is -0.505 e. The number of alkyl halides is 1. The first kappa shape index (κ1) is 54.0. The zero-order valence-electron chi connectivity index (χ0n) is 33.1. The van der Waals surface area contributed by atoms with Gasteiger partial charge in [0.25, 0.3) is 0 Å². The molecule has 6 heteroatoms. The van der Waals surface area contributed by atoms with Crippen LogP contribution in [0.2, 0.25) is 0 Å². The molecule has 0 spiro atoms. The summed E-state index contributed by atoms with van der Waals surface area (Å²) in [6.07, 6.45) is 28.7. The van der Waals surface area contributed by atoms with E-state index in [-0.39, 0.29) is 0 Å². The van der Waals surface area contributed by atoms with Gasteiger partial charge in [-0.05, 0) is 85.3 Å². The second-order valence-corrected chi connectivity index (χ2v) is 9.73. The van der Waals surface area contributed by atoms with Gasteiger partial charge >= 0.3 is 0 Å². The smallest absolute Gasteiger partial charge is 0.119 e. The molecule has 0 saturated heterocycles. The number of benzene rings is 1. The quantitative estimate of drug-likeness (QED) is 0.0525. The Kier molecular flexibility index (Phi) is 51.4. The van der Waals surface area contributed by atoms with Gasteiger partial charge < -0.3 is 18.9 Å². The molecule has 0 fully saturated rings. The van der Waals surface area contributed by atoms with Crippen molar-refractivity contribution in [2.45, 2.75) is 102 Å². The van der Waals surface area contributed by atoms with Crippen molar-refractivity contribution >= 4 is 17.3 Å². The molecule has 274 valence electrons. The highest BCUT2D eigenvalue weighted by atomic mass is 35.5. The standard InChI is InChI=1S/C21H31N3O.C5H8.C4H7Cl.C4H8O.C4H10.C2H6.C2H2/c1-6-17(4)24-16-21(22-18(24)5)19-10-12-20(13-11-19)25-15-9-14-23(7-2)8-3;1-3-5-4-2;1-2-3-4-5;1-3-4-5-2;1-3-4-2;2*1-2/h6,10-13,16H,7-9,14-15H2,1-5H3;3-5H,1H2,2H3;2-3H,4H2,1H3;3-4H,1-2H3;3-4H2,1-2H3;1-2H3;1-2H/b17-6+;5-4-;3-2-;4-3+;;;. The highest BCUT2D eigenvalue weighted by Gasteiger charge is 2.07. The molecule has 0 unspecified atom stereocenters. The molecule has 0 atom stereocenters. The first-order valence-corrected chi connectivity index (χ1v) is 17.8. The number of ether oxygens (including phenoxy) is 2. The van der Waals surface area contributed by atoms with Crippen LogP contribution in [0.1, 0.15) is 101 Å². The number of imidazole rings is 1. The third-order valence-corrected chi connectivity index (χ3v) is 6.22. The molecule has 0 aliphatic rings. The van der Waals surface area contributed by atoms with Gasteiger partial charge in [-0.2, -0.15) is 0 Å². The Labute approximate surface area is 303 Å². The number of hydrogen-bond acceptors (Lipinski definition) is 4. The fourth-order valence-electron chi connectivity index (χ4n) is 3.21. The topological polar surface area (TPSA) is 39.5 Å². The summed E-state index contributed by atoms with van der Waals surface area (Å²) in [6, 6.07) is 8.22. The van der Waals surface area contributed by atoms with Crippen LogP contribution in [-0.2, 0) is 4.74 Å². The van der Waals surface area contributed by atoms with Crippen molar-refractivity contribution in [3.05, 3.63) is 91.7 Å². The van der Waals surface area contributed by atoms with E-state index in [9.17, 15) is 0 Å². The minimum atomic E-state index is 0.635. The number of nitrogens with zero attached hydrogens (tertiary/aromatic N) is 3. The van der Waals surface area contributed by atoms with Gasteiger partial charge in [-0.1, -0.05) is 103 Å². The highest BCUT2D eigenvalue weighted by Crippen LogP contribution is 2.23. The summed E-state index contributed by atoms with van der Waals surface area (Å²) in [7, 11) is 1.62. The molecule has 48 heavy (non-hydrogen) atoms. The van der Waals surface area contributed by atoms with Crippen LogP contribution in [0.5, 0.6) is 5.75 Å². The number of terminal acetylenes is 1. The number of methoxy groups -OCH3 is 1. The van der Waals surface area contributed by atoms with E-state index < -0.39 is 0 Å². The predicted octanol–water partition coefficient (Wildman–Crippen LogP) is 12.6.